The van der Waals surface area contributed by atoms with Crippen LogP contribution < -0.4 is 15.6 Å². The van der Waals surface area contributed by atoms with E-state index >= 15 is 0 Å². The summed E-state index contributed by atoms with van der Waals surface area (Å²) in [6.45, 7) is 4.97. The predicted octanol–water partition coefficient (Wildman–Crippen LogP) is 1.22. The second-order valence-corrected chi connectivity index (χ2v) is 9.43. The van der Waals surface area contributed by atoms with Crippen molar-refractivity contribution < 1.29 is 19.4 Å². The van der Waals surface area contributed by atoms with Gasteiger partial charge in [0.1, 0.15) is 17.7 Å². The third-order valence-electron chi connectivity index (χ3n) is 6.41. The zero-order valence-corrected chi connectivity index (χ0v) is 19.4. The number of anilines is 1. The van der Waals surface area contributed by atoms with Gasteiger partial charge in [-0.1, -0.05) is 0 Å². The lowest BCUT2D eigenvalue weighted by atomic mass is 9.97. The molecule has 34 heavy (non-hydrogen) atoms. The highest BCUT2D eigenvalue weighted by Crippen LogP contribution is 2.28. The van der Waals surface area contributed by atoms with Crippen LogP contribution in [0.2, 0.25) is 0 Å². The Morgan fingerprint density at radius 1 is 1.29 bits per heavy atom. The molecule has 2 N–H and O–H groups in total. The Kier molecular flexibility index (Phi) is 6.00. The van der Waals surface area contributed by atoms with Crippen molar-refractivity contribution in [3.05, 3.63) is 39.9 Å². The van der Waals surface area contributed by atoms with E-state index < -0.39 is 11.4 Å². The third-order valence-corrected chi connectivity index (χ3v) is 7.08. The van der Waals surface area contributed by atoms with E-state index in [1.807, 2.05) is 4.90 Å². The van der Waals surface area contributed by atoms with Crippen molar-refractivity contribution in [2.45, 2.75) is 19.8 Å². The van der Waals surface area contributed by atoms with Gasteiger partial charge in [-0.3, -0.25) is 14.2 Å². The summed E-state index contributed by atoms with van der Waals surface area (Å²) >= 11 is 1.07. The molecule has 178 valence electrons. The lowest BCUT2D eigenvalue weighted by Crippen LogP contribution is -2.54. The highest BCUT2D eigenvalue weighted by Gasteiger charge is 2.34. The van der Waals surface area contributed by atoms with Gasteiger partial charge in [-0.25, -0.2) is 14.8 Å². The molecule has 0 saturated carbocycles. The molecular weight excluding hydrogens is 460 g/mol. The maximum absolute atomic E-state index is 12.9. The molecule has 2 aliphatic heterocycles. The molecule has 2 aliphatic rings. The van der Waals surface area contributed by atoms with Crippen LogP contribution in [0.25, 0.3) is 16.2 Å². The highest BCUT2D eigenvalue weighted by molar-refractivity contribution is 7.08. The molecule has 0 radical (unpaired) electrons. The van der Waals surface area contributed by atoms with Crippen LogP contribution in [-0.4, -0.2) is 68.7 Å². The first-order valence-electron chi connectivity index (χ1n) is 11.1. The molecule has 2 fully saturated rings. The lowest BCUT2D eigenvalue weighted by Gasteiger charge is -2.39. The molecule has 12 heteroatoms. The standard InChI is InChI=1S/C22H24N6O5S/c1-12-6-16(27-8-14(9-27)20(30)23-7-13-2-4-33-5-3-13)26-19-17(12)18(29)15(21(31)32)10-28(19)22-24-11-25-34-22/h6,10-11,13-14H,2-5,7-9H2,1H3,(H,23,30)(H,31,32). The molecule has 11 nitrogen and oxygen atoms in total. The molecular formula is C22H24N6O5S. The minimum atomic E-state index is -1.31. The van der Waals surface area contributed by atoms with Crippen molar-refractivity contribution >= 4 is 40.3 Å². The molecule has 5 heterocycles. The summed E-state index contributed by atoms with van der Waals surface area (Å²) < 4.78 is 10.8. The van der Waals surface area contributed by atoms with E-state index in [1.54, 1.807) is 13.0 Å². The van der Waals surface area contributed by atoms with Gasteiger partial charge in [0, 0.05) is 50.6 Å². The molecule has 0 spiro atoms. The number of carboxylic acid groups (broad SMARTS) is 1. The number of pyridine rings is 2. The van der Waals surface area contributed by atoms with Gasteiger partial charge in [0.25, 0.3) is 0 Å². The first-order chi connectivity index (χ1) is 16.4. The number of carbonyl (C=O) groups is 2. The summed E-state index contributed by atoms with van der Waals surface area (Å²) in [4.78, 5) is 47.9. The van der Waals surface area contributed by atoms with Crippen molar-refractivity contribution in [1.29, 1.82) is 0 Å². The summed E-state index contributed by atoms with van der Waals surface area (Å²) in [6.07, 6.45) is 4.54. The van der Waals surface area contributed by atoms with Gasteiger partial charge in [-0.2, -0.15) is 4.37 Å². The molecule has 0 aromatic carbocycles. The number of fused-ring (bicyclic) bond motifs is 1. The van der Waals surface area contributed by atoms with Crippen LogP contribution >= 0.6 is 11.5 Å². The SMILES string of the molecule is Cc1cc(N2CC(C(=O)NCC3CCOCC3)C2)nc2c1c(=O)c(C(=O)O)cn2-c1ncns1. The van der Waals surface area contributed by atoms with Crippen LogP contribution in [0.4, 0.5) is 5.82 Å². The molecule has 0 aliphatic carbocycles. The first-order valence-corrected chi connectivity index (χ1v) is 11.9. The molecule has 0 atom stereocenters. The van der Waals surface area contributed by atoms with Gasteiger partial charge in [-0.15, -0.1) is 0 Å². The van der Waals surface area contributed by atoms with E-state index in [9.17, 15) is 19.5 Å². The normalized spacial score (nSPS) is 17.0. The topological polar surface area (TPSA) is 140 Å². The van der Waals surface area contributed by atoms with E-state index in [-0.39, 0.29) is 22.8 Å². The Morgan fingerprint density at radius 2 is 2.06 bits per heavy atom. The zero-order chi connectivity index (χ0) is 23.8. The molecule has 3 aromatic rings. The van der Waals surface area contributed by atoms with E-state index in [1.165, 1.54) is 17.1 Å². The van der Waals surface area contributed by atoms with Gasteiger partial charge in [0.05, 0.1) is 11.3 Å². The Bertz CT molecular complexity index is 1300. The number of carboxylic acids is 1. The van der Waals surface area contributed by atoms with Crippen LogP contribution in [0.5, 0.6) is 0 Å². The van der Waals surface area contributed by atoms with E-state index in [0.717, 1.165) is 37.6 Å². The van der Waals surface area contributed by atoms with Gasteiger partial charge in [0.15, 0.2) is 5.65 Å². The number of hydrogen-bond donors (Lipinski definition) is 2. The van der Waals surface area contributed by atoms with Crippen LogP contribution in [0.15, 0.2) is 23.4 Å². The average molecular weight is 485 g/mol. The minimum Gasteiger partial charge on any atom is -0.477 e. The molecule has 0 unspecified atom stereocenters. The first kappa shape index (κ1) is 22.4. The van der Waals surface area contributed by atoms with Crippen molar-refractivity contribution in [3.8, 4) is 5.13 Å². The number of amides is 1. The fourth-order valence-corrected chi connectivity index (χ4v) is 4.89. The minimum absolute atomic E-state index is 0.0390. The Balaban J connectivity index is 1.38. The summed E-state index contributed by atoms with van der Waals surface area (Å²) in [5.41, 5.74) is -0.0210. The van der Waals surface area contributed by atoms with Crippen LogP contribution in [-0.2, 0) is 9.53 Å². The Morgan fingerprint density at radius 3 is 2.74 bits per heavy atom. The fourth-order valence-electron chi connectivity index (χ4n) is 4.38. The molecule has 1 amide bonds. The van der Waals surface area contributed by atoms with Gasteiger partial charge < -0.3 is 20.1 Å². The third kappa shape index (κ3) is 4.14. The number of aryl methyl sites for hydroxylation is 1. The monoisotopic (exact) mass is 484 g/mol. The zero-order valence-electron chi connectivity index (χ0n) is 18.6. The fraction of sp³-hybridized carbons (Fsp3) is 0.455. The van der Waals surface area contributed by atoms with Gasteiger partial charge >= 0.3 is 5.97 Å². The second-order valence-electron chi connectivity index (χ2n) is 8.67. The van der Waals surface area contributed by atoms with Crippen LogP contribution in [0.1, 0.15) is 28.8 Å². The average Bonchev–Trinajstić information content (AvgIpc) is 3.32. The highest BCUT2D eigenvalue weighted by atomic mass is 32.1. The number of aromatic nitrogens is 4. The Labute approximate surface area is 198 Å². The summed E-state index contributed by atoms with van der Waals surface area (Å²) in [5, 5.41) is 13.2. The quantitative estimate of drug-likeness (QED) is 0.528. The summed E-state index contributed by atoms with van der Waals surface area (Å²) in [6, 6.07) is 1.76. The number of ether oxygens (including phenoxy) is 1. The van der Waals surface area contributed by atoms with Gasteiger partial charge in [0.2, 0.25) is 16.5 Å². The molecule has 2 saturated heterocycles. The van der Waals surface area contributed by atoms with Crippen molar-refractivity contribution in [3.63, 3.8) is 0 Å². The predicted molar refractivity (Wildman–Crippen MR) is 125 cm³/mol. The Hall–Kier alpha value is -3.38. The van der Waals surface area contributed by atoms with Crippen molar-refractivity contribution in [1.82, 2.24) is 24.2 Å². The summed E-state index contributed by atoms with van der Waals surface area (Å²) in [7, 11) is 0. The van der Waals surface area contributed by atoms with Gasteiger partial charge in [-0.05, 0) is 37.3 Å². The van der Waals surface area contributed by atoms with Crippen molar-refractivity contribution in [2.24, 2.45) is 11.8 Å². The number of carbonyl (C=O) groups excluding carboxylic acids is 1. The number of rotatable bonds is 6. The molecule has 3 aromatic heterocycles. The smallest absolute Gasteiger partial charge is 0.341 e. The van der Waals surface area contributed by atoms with E-state index in [4.69, 9.17) is 4.74 Å². The maximum atomic E-state index is 12.9. The largest absolute Gasteiger partial charge is 0.477 e. The number of nitrogens with zero attached hydrogens (tertiary/aromatic N) is 5. The van der Waals surface area contributed by atoms with Crippen LogP contribution in [0.3, 0.4) is 0 Å². The summed E-state index contributed by atoms with van der Waals surface area (Å²) in [5.74, 6) is -0.314. The van der Waals surface area contributed by atoms with Crippen molar-refractivity contribution in [2.75, 3.05) is 37.7 Å². The maximum Gasteiger partial charge on any atom is 0.341 e. The molecule has 0 bridgehead atoms. The number of hydrogen-bond acceptors (Lipinski definition) is 9. The molecule has 5 rings (SSSR count). The van der Waals surface area contributed by atoms with E-state index in [0.29, 0.717) is 47.7 Å². The number of nitrogens with one attached hydrogen (secondary N) is 1. The lowest BCUT2D eigenvalue weighted by molar-refractivity contribution is -0.126. The van der Waals surface area contributed by atoms with Crippen LogP contribution in [0, 0.1) is 18.8 Å². The number of aromatic carboxylic acids is 1. The van der Waals surface area contributed by atoms with E-state index in [2.05, 4.69) is 19.7 Å². The second kappa shape index (κ2) is 9.11.